The van der Waals surface area contributed by atoms with E-state index < -0.39 is 0 Å². The van der Waals surface area contributed by atoms with Crippen LogP contribution in [0.15, 0.2) is 180 Å². The summed E-state index contributed by atoms with van der Waals surface area (Å²) in [6, 6.07) is 67.0. The van der Waals surface area contributed by atoms with Gasteiger partial charge in [0.25, 0.3) is 0 Å². The van der Waals surface area contributed by atoms with Crippen LogP contribution in [0.5, 0.6) is 0 Å². The molecule has 3 aliphatic heterocycles. The molecule has 0 unspecified atom stereocenters. The topological polar surface area (TPSA) is 22.9 Å². The lowest BCUT2D eigenvalue weighted by Crippen LogP contribution is -2.62. The van der Waals surface area contributed by atoms with Crippen molar-refractivity contribution in [1.82, 2.24) is 0 Å². The summed E-state index contributed by atoms with van der Waals surface area (Å²) in [5.41, 5.74) is 28.5. The number of aryl methyl sites for hydroxylation is 2. The predicted molar refractivity (Wildman–Crippen MR) is 323 cm³/mol. The highest BCUT2D eigenvalue weighted by atomic mass is 16.3. The van der Waals surface area contributed by atoms with Crippen molar-refractivity contribution in [2.75, 3.05) is 14.6 Å². The first-order valence-corrected chi connectivity index (χ1v) is 27.6. The van der Waals surface area contributed by atoms with E-state index in [-0.39, 0.29) is 28.5 Å². The average Bonchev–Trinajstić information content (AvgIpc) is 3.83. The molecule has 4 heterocycles. The molecule has 10 aromatic rings. The third-order valence-electron chi connectivity index (χ3n) is 18.3. The van der Waals surface area contributed by atoms with Crippen LogP contribution in [-0.2, 0) is 21.7 Å². The van der Waals surface area contributed by atoms with Crippen molar-refractivity contribution in [3.05, 3.63) is 215 Å². The summed E-state index contributed by atoms with van der Waals surface area (Å²) in [5.74, 6) is 0. The smallest absolute Gasteiger partial charge is 0.333 e. The highest BCUT2D eigenvalue weighted by Crippen LogP contribution is 2.59. The lowest BCUT2D eigenvalue weighted by Gasteiger charge is -2.52. The second kappa shape index (κ2) is 16.1. The molecular weight excluding hydrogens is 922 g/mol. The summed E-state index contributed by atoms with van der Waals surface area (Å²) in [6.07, 6.45) is 2.33. The van der Waals surface area contributed by atoms with Crippen LogP contribution in [0.25, 0.3) is 44.2 Å². The van der Waals surface area contributed by atoms with Gasteiger partial charge < -0.3 is 19.0 Å². The molecule has 14 rings (SSSR count). The minimum absolute atomic E-state index is 0.0109. The van der Waals surface area contributed by atoms with Gasteiger partial charge in [-0.05, 0) is 194 Å². The number of furan rings is 1. The molecule has 1 aromatic heterocycles. The molecule has 4 nitrogen and oxygen atoms in total. The van der Waals surface area contributed by atoms with Crippen LogP contribution in [0.1, 0.15) is 114 Å². The minimum atomic E-state index is -0.256. The van der Waals surface area contributed by atoms with E-state index in [4.69, 9.17) is 4.42 Å². The Morgan fingerprint density at radius 2 is 1.16 bits per heavy atom. The molecule has 5 heteroatoms. The largest absolute Gasteiger partial charge is 0.456 e. The lowest BCUT2D eigenvalue weighted by molar-refractivity contribution is 0.331. The summed E-state index contributed by atoms with van der Waals surface area (Å²) >= 11 is 0. The van der Waals surface area contributed by atoms with Crippen molar-refractivity contribution in [3.63, 3.8) is 0 Å². The second-order valence-corrected chi connectivity index (χ2v) is 25.3. The second-order valence-electron chi connectivity index (χ2n) is 25.3. The van der Waals surface area contributed by atoms with Gasteiger partial charge in [-0.15, -0.1) is 0 Å². The first-order valence-electron chi connectivity index (χ1n) is 27.6. The molecule has 374 valence electrons. The van der Waals surface area contributed by atoms with Gasteiger partial charge in [0.05, 0.1) is 5.69 Å². The van der Waals surface area contributed by atoms with Crippen LogP contribution >= 0.6 is 0 Å². The number of rotatable bonds is 5. The molecule has 0 N–H and O–H groups in total. The van der Waals surface area contributed by atoms with Crippen molar-refractivity contribution in [3.8, 4) is 22.3 Å². The predicted octanol–water partition coefficient (Wildman–Crippen LogP) is 18.3. The molecule has 4 aliphatic rings. The summed E-state index contributed by atoms with van der Waals surface area (Å²) in [6.45, 7) is 26.2. The van der Waals surface area contributed by atoms with E-state index in [9.17, 15) is 0 Å². The maximum absolute atomic E-state index is 6.43. The number of benzene rings is 9. The fourth-order valence-corrected chi connectivity index (χ4v) is 14.0. The third kappa shape index (κ3) is 6.76. The van der Waals surface area contributed by atoms with Crippen molar-refractivity contribution >= 4 is 85.2 Å². The summed E-state index contributed by atoms with van der Waals surface area (Å²) in [7, 11) is 0. The zero-order valence-corrected chi connectivity index (χ0v) is 46.0. The van der Waals surface area contributed by atoms with Gasteiger partial charge in [0.1, 0.15) is 11.2 Å². The Morgan fingerprint density at radius 3 is 1.89 bits per heavy atom. The fourth-order valence-electron chi connectivity index (χ4n) is 14.0. The molecule has 0 radical (unpaired) electrons. The van der Waals surface area contributed by atoms with Gasteiger partial charge in [-0.3, -0.25) is 0 Å². The molecule has 0 atom stereocenters. The Hall–Kier alpha value is -7.76. The summed E-state index contributed by atoms with van der Waals surface area (Å²) in [4.78, 5) is 7.83. The van der Waals surface area contributed by atoms with Gasteiger partial charge in [0.15, 0.2) is 0 Å². The van der Waals surface area contributed by atoms with Gasteiger partial charge in [-0.25, -0.2) is 0 Å². The fraction of sp³-hybridized carbons (Fsp3) is 0.239. The normalized spacial score (nSPS) is 16.2. The maximum Gasteiger partial charge on any atom is 0.333 e. The molecule has 0 amide bonds. The standard InChI is InChI=1S/C71H66BN3O/c1-43-19-17-20-44(2)65(43)45-37-54-52-39-49(73(47-29-27-46(28-30-47)68(3,4)5)50-32-34-64-53(40-50)51-23-15-16-26-63(51)76-64)31-33-60(52)75(48-21-13-12-14-22-48)72-59-25-18-24-55-67(59)74(62(38-45)66(54)72)61-42-57-56(41-58(61)71(55,10)11)69(6,7)35-36-70(57,8)9/h12-34,37-42H,35-36H2,1-11H3. The van der Waals surface area contributed by atoms with Gasteiger partial charge >= 0.3 is 6.85 Å². The molecule has 0 saturated carbocycles. The number of nitrogens with zero attached hydrogens (tertiary/aromatic N) is 3. The molecule has 76 heavy (non-hydrogen) atoms. The monoisotopic (exact) mass is 988 g/mol. The number of fused-ring (bicyclic) bond motifs is 10. The molecule has 0 bridgehead atoms. The quantitative estimate of drug-likeness (QED) is 0.160. The zero-order chi connectivity index (χ0) is 52.4. The Labute approximate surface area is 449 Å². The molecule has 9 aromatic carbocycles. The first kappa shape index (κ1) is 46.8. The molecule has 0 fully saturated rings. The van der Waals surface area contributed by atoms with Crippen LogP contribution in [-0.4, -0.2) is 6.85 Å². The van der Waals surface area contributed by atoms with Gasteiger partial charge in [-0.1, -0.05) is 153 Å². The van der Waals surface area contributed by atoms with E-state index in [1.165, 1.54) is 107 Å². The van der Waals surface area contributed by atoms with E-state index in [0.717, 1.165) is 45.4 Å². The van der Waals surface area contributed by atoms with Gasteiger partial charge in [-0.2, -0.15) is 0 Å². The molecule has 0 spiro atoms. The highest BCUT2D eigenvalue weighted by molar-refractivity contribution is 6.93. The van der Waals surface area contributed by atoms with Crippen LogP contribution < -0.4 is 25.5 Å². The highest BCUT2D eigenvalue weighted by Gasteiger charge is 2.51. The molecule has 1 aliphatic carbocycles. The molecule has 0 saturated heterocycles. The number of anilines is 8. The zero-order valence-electron chi connectivity index (χ0n) is 46.0. The van der Waals surface area contributed by atoms with E-state index in [1.54, 1.807) is 0 Å². The van der Waals surface area contributed by atoms with Crippen molar-refractivity contribution in [2.45, 2.75) is 111 Å². The van der Waals surface area contributed by atoms with Crippen LogP contribution in [0, 0.1) is 13.8 Å². The van der Waals surface area contributed by atoms with Crippen molar-refractivity contribution < 1.29 is 4.42 Å². The minimum Gasteiger partial charge on any atom is -0.456 e. The SMILES string of the molecule is Cc1cccc(C)c1-c1cc2c3c(c1)N1c4cc5c(cc4C(C)(C)c4cccc(c41)B3N(c1ccccc1)c1ccc(N(c3ccc(C(C)(C)C)cc3)c3ccc4oc6ccccc6c4c3)cc1-2)C(C)(C)CCC5(C)C. The van der Waals surface area contributed by atoms with E-state index in [0.29, 0.717) is 0 Å². The van der Waals surface area contributed by atoms with Crippen molar-refractivity contribution in [1.29, 1.82) is 0 Å². The Bertz CT molecular complexity index is 4040. The maximum atomic E-state index is 6.43. The van der Waals surface area contributed by atoms with Crippen molar-refractivity contribution in [2.24, 2.45) is 0 Å². The first-order chi connectivity index (χ1) is 36.4. The number of hydrogen-bond acceptors (Lipinski definition) is 4. The van der Waals surface area contributed by atoms with Gasteiger partial charge in [0.2, 0.25) is 0 Å². The Kier molecular flexibility index (Phi) is 9.92. The van der Waals surface area contributed by atoms with E-state index in [2.05, 4.69) is 267 Å². The summed E-state index contributed by atoms with van der Waals surface area (Å²) in [5, 5.41) is 2.22. The third-order valence-corrected chi connectivity index (χ3v) is 18.3. The Balaban J connectivity index is 1.08. The Morgan fingerprint density at radius 1 is 0.513 bits per heavy atom. The lowest BCUT2D eigenvalue weighted by atomic mass is 9.42. The number of hydrogen-bond donors (Lipinski definition) is 0. The number of para-hydroxylation sites is 3. The van der Waals surface area contributed by atoms with Crippen LogP contribution in [0.3, 0.4) is 0 Å². The summed E-state index contributed by atoms with van der Waals surface area (Å²) < 4.78 is 6.43. The van der Waals surface area contributed by atoms with Crippen LogP contribution in [0.4, 0.5) is 45.5 Å². The van der Waals surface area contributed by atoms with E-state index >= 15 is 0 Å². The van der Waals surface area contributed by atoms with E-state index in [1.807, 2.05) is 0 Å². The average molecular weight is 988 g/mol. The van der Waals surface area contributed by atoms with Gasteiger partial charge in [0, 0.05) is 61.6 Å². The van der Waals surface area contributed by atoms with Crippen LogP contribution in [0.2, 0.25) is 0 Å². The molecular formula is C71H66BN3O.